The van der Waals surface area contributed by atoms with Crippen molar-refractivity contribution in [2.24, 2.45) is 5.92 Å². The molecule has 2 N–H and O–H groups in total. The molecule has 0 radical (unpaired) electrons. The van der Waals surface area contributed by atoms with Gasteiger partial charge in [-0.3, -0.25) is 4.79 Å². The normalized spacial score (nSPS) is 16.9. The predicted octanol–water partition coefficient (Wildman–Crippen LogP) is 1.69. The van der Waals surface area contributed by atoms with Gasteiger partial charge in [-0.15, -0.1) is 0 Å². The Hall–Kier alpha value is -1.90. The number of fused-ring (bicyclic) bond motifs is 1. The summed E-state index contributed by atoms with van der Waals surface area (Å²) in [6, 6.07) is 7.76. The van der Waals surface area contributed by atoms with Gasteiger partial charge in [0.05, 0.1) is 36.1 Å². The molecule has 0 saturated carbocycles. The van der Waals surface area contributed by atoms with Crippen molar-refractivity contribution in [1.82, 2.24) is 15.3 Å². The minimum Gasteiger partial charge on any atom is -0.393 e. The fourth-order valence-electron chi connectivity index (χ4n) is 2.68. The molecule has 8 heteroatoms. The van der Waals surface area contributed by atoms with E-state index in [1.165, 1.54) is 11.8 Å². The van der Waals surface area contributed by atoms with Crippen LogP contribution in [0.15, 0.2) is 29.3 Å². The number of thioether (sulfide) groups is 1. The first kappa shape index (κ1) is 19.9. The summed E-state index contributed by atoms with van der Waals surface area (Å²) in [7, 11) is 0. The number of carbonyl (C=O) groups is 1. The van der Waals surface area contributed by atoms with Gasteiger partial charge in [-0.2, -0.15) is 0 Å². The van der Waals surface area contributed by atoms with Crippen LogP contribution in [0, 0.1) is 5.92 Å². The molecule has 3 rings (SSSR count). The van der Waals surface area contributed by atoms with Crippen LogP contribution < -0.4 is 10.2 Å². The van der Waals surface area contributed by atoms with Crippen LogP contribution in [-0.4, -0.2) is 65.7 Å². The van der Waals surface area contributed by atoms with Gasteiger partial charge >= 0.3 is 0 Å². The second-order valence-electron chi connectivity index (χ2n) is 6.75. The van der Waals surface area contributed by atoms with E-state index in [0.29, 0.717) is 19.8 Å². The number of para-hydroxylation sites is 2. The van der Waals surface area contributed by atoms with Crippen molar-refractivity contribution < 1.29 is 14.6 Å². The summed E-state index contributed by atoms with van der Waals surface area (Å²) in [6.07, 6.45) is -0.447. The second-order valence-corrected chi connectivity index (χ2v) is 7.72. The minimum absolute atomic E-state index is 0.0170. The van der Waals surface area contributed by atoms with Crippen LogP contribution in [0.2, 0.25) is 0 Å². The van der Waals surface area contributed by atoms with E-state index in [-0.39, 0.29) is 17.6 Å². The summed E-state index contributed by atoms with van der Waals surface area (Å²) in [4.78, 5) is 23.9. The van der Waals surface area contributed by atoms with Gasteiger partial charge in [-0.1, -0.05) is 30.8 Å². The Morgan fingerprint density at radius 2 is 1.93 bits per heavy atom. The number of hydrogen-bond acceptors (Lipinski definition) is 7. The lowest BCUT2D eigenvalue weighted by atomic mass is 10.1. The number of benzene rings is 1. The van der Waals surface area contributed by atoms with Gasteiger partial charge < -0.3 is 20.1 Å². The minimum atomic E-state index is -0.447. The average Bonchev–Trinajstić information content (AvgIpc) is 2.70. The fourth-order valence-corrected chi connectivity index (χ4v) is 3.52. The molecular formula is C19H26N4O3S. The van der Waals surface area contributed by atoms with Crippen LogP contribution in [0.25, 0.3) is 11.0 Å². The van der Waals surface area contributed by atoms with E-state index in [2.05, 4.69) is 10.2 Å². The van der Waals surface area contributed by atoms with Gasteiger partial charge in [0.15, 0.2) is 5.82 Å². The quantitative estimate of drug-likeness (QED) is 0.696. The van der Waals surface area contributed by atoms with Gasteiger partial charge in [0.2, 0.25) is 5.91 Å². The summed E-state index contributed by atoms with van der Waals surface area (Å²) >= 11 is 1.39. The molecule has 0 aliphatic carbocycles. The van der Waals surface area contributed by atoms with Crippen molar-refractivity contribution >= 4 is 34.5 Å². The SMILES string of the molecule is CC(O)C(C)CNC(=O)CSc1nc2ccccc2nc1N1CCOCC1. The number of aromatic nitrogens is 2. The number of carbonyl (C=O) groups excluding carboxylic acids is 1. The molecule has 1 aromatic carbocycles. The fraction of sp³-hybridized carbons (Fsp3) is 0.526. The smallest absolute Gasteiger partial charge is 0.230 e. The van der Waals surface area contributed by atoms with E-state index < -0.39 is 6.10 Å². The van der Waals surface area contributed by atoms with E-state index in [1.807, 2.05) is 31.2 Å². The maximum atomic E-state index is 12.2. The molecular weight excluding hydrogens is 364 g/mol. The zero-order chi connectivity index (χ0) is 19.2. The number of aliphatic hydroxyl groups is 1. The second kappa shape index (κ2) is 9.34. The van der Waals surface area contributed by atoms with Crippen molar-refractivity contribution in [3.8, 4) is 0 Å². The number of anilines is 1. The van der Waals surface area contributed by atoms with Crippen molar-refractivity contribution in [3.05, 3.63) is 24.3 Å². The summed E-state index contributed by atoms with van der Waals surface area (Å²) in [6.45, 7) is 6.94. The van der Waals surface area contributed by atoms with Gasteiger partial charge in [0.1, 0.15) is 5.03 Å². The summed E-state index contributed by atoms with van der Waals surface area (Å²) < 4.78 is 5.44. The van der Waals surface area contributed by atoms with Crippen LogP contribution >= 0.6 is 11.8 Å². The van der Waals surface area contributed by atoms with Crippen LogP contribution in [0.3, 0.4) is 0 Å². The molecule has 1 saturated heterocycles. The third-order valence-corrected chi connectivity index (χ3v) is 5.57. The van der Waals surface area contributed by atoms with E-state index in [1.54, 1.807) is 6.92 Å². The Morgan fingerprint density at radius 1 is 1.26 bits per heavy atom. The maximum absolute atomic E-state index is 12.2. The molecule has 0 bridgehead atoms. The monoisotopic (exact) mass is 390 g/mol. The first-order valence-corrected chi connectivity index (χ1v) is 10.2. The van der Waals surface area contributed by atoms with Gasteiger partial charge in [-0.05, 0) is 25.0 Å². The number of nitrogens with zero attached hydrogens (tertiary/aromatic N) is 3. The van der Waals surface area contributed by atoms with Crippen LogP contribution in [0.5, 0.6) is 0 Å². The predicted molar refractivity (Wildman–Crippen MR) is 107 cm³/mol. The highest BCUT2D eigenvalue weighted by Gasteiger charge is 2.20. The standard InChI is InChI=1S/C19H26N4O3S/c1-13(14(2)24)11-20-17(25)12-27-19-18(23-7-9-26-10-8-23)21-15-5-3-4-6-16(15)22-19/h3-6,13-14,24H,7-12H2,1-2H3,(H,20,25). The number of morpholine rings is 1. The van der Waals surface area contributed by atoms with E-state index in [0.717, 1.165) is 35.0 Å². The molecule has 1 aromatic heterocycles. The van der Waals surface area contributed by atoms with Crippen molar-refractivity contribution in [2.75, 3.05) is 43.5 Å². The molecule has 0 spiro atoms. The first-order chi connectivity index (χ1) is 13.0. The Morgan fingerprint density at radius 3 is 2.59 bits per heavy atom. The topological polar surface area (TPSA) is 87.6 Å². The molecule has 2 atom stereocenters. The van der Waals surface area contributed by atoms with Gasteiger partial charge in [-0.25, -0.2) is 9.97 Å². The zero-order valence-corrected chi connectivity index (χ0v) is 16.5. The number of rotatable bonds is 7. The van der Waals surface area contributed by atoms with Crippen molar-refractivity contribution in [1.29, 1.82) is 0 Å². The molecule has 2 aromatic rings. The molecule has 2 heterocycles. The number of aliphatic hydroxyl groups excluding tert-OH is 1. The summed E-state index contributed by atoms with van der Waals surface area (Å²) in [5.74, 6) is 1.02. The number of amides is 1. The van der Waals surface area contributed by atoms with Gasteiger partial charge in [0, 0.05) is 19.6 Å². The number of hydrogen-bond donors (Lipinski definition) is 2. The van der Waals surface area contributed by atoms with Crippen molar-refractivity contribution in [2.45, 2.75) is 25.0 Å². The lowest BCUT2D eigenvalue weighted by molar-refractivity contribution is -0.118. The van der Waals surface area contributed by atoms with E-state index >= 15 is 0 Å². The number of nitrogens with one attached hydrogen (secondary N) is 1. The van der Waals surface area contributed by atoms with Crippen molar-refractivity contribution in [3.63, 3.8) is 0 Å². The first-order valence-electron chi connectivity index (χ1n) is 9.21. The molecule has 1 aliphatic rings. The Kier molecular flexibility index (Phi) is 6.87. The Bertz CT molecular complexity index is 781. The van der Waals surface area contributed by atoms with Gasteiger partial charge in [0.25, 0.3) is 0 Å². The summed E-state index contributed by atoms with van der Waals surface area (Å²) in [5, 5.41) is 13.2. The van der Waals surface area contributed by atoms with Crippen LogP contribution in [0.4, 0.5) is 5.82 Å². The highest BCUT2D eigenvalue weighted by Crippen LogP contribution is 2.29. The molecule has 7 nitrogen and oxygen atoms in total. The molecule has 2 unspecified atom stereocenters. The van der Waals surface area contributed by atoms with E-state index in [9.17, 15) is 9.90 Å². The maximum Gasteiger partial charge on any atom is 0.230 e. The molecule has 1 amide bonds. The highest BCUT2D eigenvalue weighted by molar-refractivity contribution is 8.00. The largest absolute Gasteiger partial charge is 0.393 e. The number of ether oxygens (including phenoxy) is 1. The lowest BCUT2D eigenvalue weighted by Crippen LogP contribution is -2.37. The molecule has 1 fully saturated rings. The Balaban J connectivity index is 1.72. The average molecular weight is 391 g/mol. The Labute approximate surface area is 163 Å². The molecule has 1 aliphatic heterocycles. The third kappa shape index (κ3) is 5.31. The molecule has 146 valence electrons. The third-order valence-electron chi connectivity index (χ3n) is 4.62. The summed E-state index contributed by atoms with van der Waals surface area (Å²) in [5.41, 5.74) is 1.67. The zero-order valence-electron chi connectivity index (χ0n) is 15.7. The molecule has 27 heavy (non-hydrogen) atoms. The highest BCUT2D eigenvalue weighted by atomic mass is 32.2. The van der Waals surface area contributed by atoms with Crippen LogP contribution in [0.1, 0.15) is 13.8 Å². The van der Waals surface area contributed by atoms with E-state index in [4.69, 9.17) is 14.7 Å². The van der Waals surface area contributed by atoms with Crippen LogP contribution in [-0.2, 0) is 9.53 Å². The lowest BCUT2D eigenvalue weighted by Gasteiger charge is -2.29.